The summed E-state index contributed by atoms with van der Waals surface area (Å²) in [6.45, 7) is 5.12. The van der Waals surface area contributed by atoms with E-state index in [1.54, 1.807) is 5.57 Å². The predicted octanol–water partition coefficient (Wildman–Crippen LogP) is 2.37. The van der Waals surface area contributed by atoms with Gasteiger partial charge in [0, 0.05) is 13.1 Å². The number of hydrogen-bond donors (Lipinski definition) is 0. The quantitative estimate of drug-likeness (QED) is 0.662. The molecule has 0 bridgehead atoms. The van der Waals surface area contributed by atoms with E-state index in [9.17, 15) is 0 Å². The van der Waals surface area contributed by atoms with Crippen LogP contribution in [0, 0.1) is 5.92 Å². The van der Waals surface area contributed by atoms with E-state index < -0.39 is 0 Å². The highest BCUT2D eigenvalue weighted by molar-refractivity contribution is 5.06. The number of piperidine rings is 1. The molecule has 2 aliphatic rings. The molecule has 0 amide bonds. The van der Waals surface area contributed by atoms with Crippen molar-refractivity contribution >= 4 is 0 Å². The van der Waals surface area contributed by atoms with Crippen molar-refractivity contribution in [3.63, 3.8) is 0 Å². The SMILES string of the molecule is CN1CCC=C(CC2CCN(C)CC2)CC1. The first-order valence-corrected chi connectivity index (χ1v) is 6.79. The van der Waals surface area contributed by atoms with Crippen molar-refractivity contribution in [2.45, 2.75) is 32.1 Å². The molecule has 2 heteroatoms. The summed E-state index contributed by atoms with van der Waals surface area (Å²) in [6.07, 6.45) is 9.28. The monoisotopic (exact) mass is 222 g/mol. The molecule has 0 radical (unpaired) electrons. The number of nitrogens with zero attached hydrogens (tertiary/aromatic N) is 2. The van der Waals surface area contributed by atoms with Gasteiger partial charge in [0.25, 0.3) is 0 Å². The molecule has 2 rings (SSSR count). The predicted molar refractivity (Wildman–Crippen MR) is 69.7 cm³/mol. The molecule has 1 saturated heterocycles. The van der Waals surface area contributed by atoms with Crippen molar-refractivity contribution in [2.75, 3.05) is 40.3 Å². The lowest BCUT2D eigenvalue weighted by Gasteiger charge is -2.29. The van der Waals surface area contributed by atoms with Crippen LogP contribution in [0.2, 0.25) is 0 Å². The molecule has 0 saturated carbocycles. The van der Waals surface area contributed by atoms with Gasteiger partial charge in [0.2, 0.25) is 0 Å². The molecule has 1 fully saturated rings. The van der Waals surface area contributed by atoms with E-state index >= 15 is 0 Å². The molecule has 0 spiro atoms. The third-order valence-electron chi connectivity index (χ3n) is 4.15. The number of hydrogen-bond acceptors (Lipinski definition) is 2. The zero-order valence-electron chi connectivity index (χ0n) is 10.9. The highest BCUT2D eigenvalue weighted by atomic mass is 15.1. The zero-order valence-corrected chi connectivity index (χ0v) is 10.9. The maximum absolute atomic E-state index is 2.52. The molecule has 16 heavy (non-hydrogen) atoms. The van der Waals surface area contributed by atoms with Gasteiger partial charge in [-0.3, -0.25) is 0 Å². The van der Waals surface area contributed by atoms with Gasteiger partial charge in [0.15, 0.2) is 0 Å². The lowest BCUT2D eigenvalue weighted by molar-refractivity contribution is 0.218. The Morgan fingerprint density at radius 2 is 1.75 bits per heavy atom. The van der Waals surface area contributed by atoms with Gasteiger partial charge in [-0.1, -0.05) is 11.6 Å². The van der Waals surface area contributed by atoms with Gasteiger partial charge < -0.3 is 9.80 Å². The molecule has 0 aromatic rings. The maximum atomic E-state index is 2.52. The number of likely N-dealkylation sites (tertiary alicyclic amines) is 1. The lowest BCUT2D eigenvalue weighted by atomic mass is 9.89. The molecule has 2 aliphatic heterocycles. The van der Waals surface area contributed by atoms with E-state index in [1.165, 1.54) is 58.3 Å². The fourth-order valence-corrected chi connectivity index (χ4v) is 2.86. The Morgan fingerprint density at radius 3 is 2.50 bits per heavy atom. The Labute approximate surface area is 100 Å². The number of rotatable bonds is 2. The molecule has 0 aromatic heterocycles. The summed E-state index contributed by atoms with van der Waals surface area (Å²) in [7, 11) is 4.49. The first kappa shape index (κ1) is 12.1. The van der Waals surface area contributed by atoms with Crippen LogP contribution in [0.5, 0.6) is 0 Å². The maximum Gasteiger partial charge on any atom is 0.00156 e. The average Bonchev–Trinajstić information content (AvgIpc) is 2.47. The van der Waals surface area contributed by atoms with Crippen LogP contribution in [0.1, 0.15) is 32.1 Å². The van der Waals surface area contributed by atoms with Crippen LogP contribution in [0.25, 0.3) is 0 Å². The second-order valence-electron chi connectivity index (χ2n) is 5.66. The molecule has 0 aromatic carbocycles. The van der Waals surface area contributed by atoms with Crippen LogP contribution in [0.4, 0.5) is 0 Å². The summed E-state index contributed by atoms with van der Waals surface area (Å²) in [5, 5.41) is 0. The van der Waals surface area contributed by atoms with E-state index in [2.05, 4.69) is 30.0 Å². The molecular formula is C14H26N2. The van der Waals surface area contributed by atoms with Crippen molar-refractivity contribution in [2.24, 2.45) is 5.92 Å². The van der Waals surface area contributed by atoms with Crippen molar-refractivity contribution in [1.82, 2.24) is 9.80 Å². The molecule has 92 valence electrons. The normalized spacial score (nSPS) is 26.5. The third-order valence-corrected chi connectivity index (χ3v) is 4.15. The van der Waals surface area contributed by atoms with Crippen LogP contribution in [0.3, 0.4) is 0 Å². The Morgan fingerprint density at radius 1 is 1.06 bits per heavy atom. The fraction of sp³-hybridized carbons (Fsp3) is 0.857. The third kappa shape index (κ3) is 3.60. The molecule has 2 nitrogen and oxygen atoms in total. The molecule has 0 aliphatic carbocycles. The van der Waals surface area contributed by atoms with E-state index in [4.69, 9.17) is 0 Å². The fourth-order valence-electron chi connectivity index (χ4n) is 2.86. The van der Waals surface area contributed by atoms with Crippen LogP contribution < -0.4 is 0 Å². The van der Waals surface area contributed by atoms with Gasteiger partial charge in [0.1, 0.15) is 0 Å². The second kappa shape index (κ2) is 5.83. The summed E-state index contributed by atoms with van der Waals surface area (Å²) in [5.74, 6) is 0.964. The van der Waals surface area contributed by atoms with Gasteiger partial charge in [-0.15, -0.1) is 0 Å². The zero-order chi connectivity index (χ0) is 11.4. The van der Waals surface area contributed by atoms with Crippen LogP contribution in [-0.4, -0.2) is 50.1 Å². The van der Waals surface area contributed by atoms with Gasteiger partial charge in [0.05, 0.1) is 0 Å². The average molecular weight is 222 g/mol. The van der Waals surface area contributed by atoms with Crippen molar-refractivity contribution in [3.8, 4) is 0 Å². The minimum absolute atomic E-state index is 0.964. The minimum Gasteiger partial charge on any atom is -0.306 e. The summed E-state index contributed by atoms with van der Waals surface area (Å²) < 4.78 is 0. The van der Waals surface area contributed by atoms with Crippen LogP contribution >= 0.6 is 0 Å². The molecule has 0 N–H and O–H groups in total. The summed E-state index contributed by atoms with van der Waals surface area (Å²) in [5.41, 5.74) is 1.74. The van der Waals surface area contributed by atoms with Gasteiger partial charge in [-0.05, 0) is 65.2 Å². The second-order valence-corrected chi connectivity index (χ2v) is 5.66. The van der Waals surface area contributed by atoms with Gasteiger partial charge in [-0.25, -0.2) is 0 Å². The standard InChI is InChI=1S/C14H26N2/c1-15-8-3-4-13(5-9-15)12-14-6-10-16(2)11-7-14/h4,14H,3,5-12H2,1-2H3. The summed E-state index contributed by atoms with van der Waals surface area (Å²) in [6, 6.07) is 0. The highest BCUT2D eigenvalue weighted by Crippen LogP contribution is 2.26. The van der Waals surface area contributed by atoms with E-state index in [1.807, 2.05) is 0 Å². The molecular weight excluding hydrogens is 196 g/mol. The first-order valence-electron chi connectivity index (χ1n) is 6.79. The Kier molecular flexibility index (Phi) is 4.42. The highest BCUT2D eigenvalue weighted by Gasteiger charge is 2.18. The van der Waals surface area contributed by atoms with Gasteiger partial charge >= 0.3 is 0 Å². The Bertz CT molecular complexity index is 239. The molecule has 2 heterocycles. The van der Waals surface area contributed by atoms with Crippen molar-refractivity contribution in [1.29, 1.82) is 0 Å². The lowest BCUT2D eigenvalue weighted by Crippen LogP contribution is -2.30. The first-order chi connectivity index (χ1) is 7.74. The summed E-state index contributed by atoms with van der Waals surface area (Å²) in [4.78, 5) is 4.92. The van der Waals surface area contributed by atoms with Gasteiger partial charge in [-0.2, -0.15) is 0 Å². The summed E-state index contributed by atoms with van der Waals surface area (Å²) >= 11 is 0. The van der Waals surface area contributed by atoms with Crippen molar-refractivity contribution < 1.29 is 0 Å². The van der Waals surface area contributed by atoms with E-state index in [0.29, 0.717) is 0 Å². The topological polar surface area (TPSA) is 6.48 Å². The van der Waals surface area contributed by atoms with Crippen molar-refractivity contribution in [3.05, 3.63) is 11.6 Å². The van der Waals surface area contributed by atoms with Crippen LogP contribution in [-0.2, 0) is 0 Å². The van der Waals surface area contributed by atoms with E-state index in [-0.39, 0.29) is 0 Å². The Hall–Kier alpha value is -0.340. The van der Waals surface area contributed by atoms with E-state index in [0.717, 1.165) is 5.92 Å². The smallest absolute Gasteiger partial charge is 0.00156 e. The largest absolute Gasteiger partial charge is 0.306 e. The minimum atomic E-state index is 0.964. The van der Waals surface area contributed by atoms with Crippen LogP contribution in [0.15, 0.2) is 11.6 Å². The Balaban J connectivity index is 1.78. The molecule has 0 unspecified atom stereocenters. The molecule has 0 atom stereocenters.